The molecule has 12 heavy (non-hydrogen) atoms. The Morgan fingerprint density at radius 2 is 2.08 bits per heavy atom. The zero-order valence-electron chi connectivity index (χ0n) is 7.63. The van der Waals surface area contributed by atoms with Crippen LogP contribution in [0.15, 0.2) is 16.3 Å². The second-order valence-corrected chi connectivity index (χ2v) is 6.89. The number of thioether (sulfide) groups is 1. The monoisotopic (exact) mass is 202 g/mol. The van der Waals surface area contributed by atoms with E-state index in [0.29, 0.717) is 0 Å². The summed E-state index contributed by atoms with van der Waals surface area (Å²) in [5.74, 6) is 0. The fraction of sp³-hybridized carbons (Fsp3) is 0.556. The van der Waals surface area contributed by atoms with E-state index in [2.05, 4.69) is 26.8 Å². The maximum absolute atomic E-state index is 8.85. The van der Waals surface area contributed by atoms with Crippen LogP contribution in [0.25, 0.3) is 0 Å². The highest BCUT2D eigenvalue weighted by Crippen LogP contribution is 2.36. The molecule has 0 bridgehead atoms. The molecule has 0 saturated carbocycles. The molecule has 0 radical (unpaired) electrons. The van der Waals surface area contributed by atoms with Crippen LogP contribution >= 0.6 is 23.1 Å². The normalized spacial score (nSPS) is 12.0. The number of thiophene rings is 1. The molecule has 68 valence electrons. The summed E-state index contributed by atoms with van der Waals surface area (Å²) in [6.07, 6.45) is 0. The van der Waals surface area contributed by atoms with Crippen molar-refractivity contribution in [3.8, 4) is 0 Å². The van der Waals surface area contributed by atoms with E-state index >= 15 is 0 Å². The minimum atomic E-state index is 0.162. The standard InChI is InChI=1S/C9H14OS2/c1-9(2,3)12-8-5-4-7(6-10)11-8/h4-5,10H,6H2,1-3H3. The molecule has 1 aromatic rings. The summed E-state index contributed by atoms with van der Waals surface area (Å²) in [4.78, 5) is 1.04. The van der Waals surface area contributed by atoms with Crippen LogP contribution in [-0.2, 0) is 6.61 Å². The molecule has 1 aromatic heterocycles. The molecule has 1 heterocycles. The number of aliphatic hydroxyl groups is 1. The van der Waals surface area contributed by atoms with Crippen LogP contribution in [0.4, 0.5) is 0 Å². The third-order valence-electron chi connectivity index (χ3n) is 1.20. The summed E-state index contributed by atoms with van der Waals surface area (Å²) < 4.78 is 1.55. The van der Waals surface area contributed by atoms with Crippen molar-refractivity contribution >= 4 is 23.1 Å². The van der Waals surface area contributed by atoms with E-state index in [1.54, 1.807) is 11.3 Å². The molecule has 0 aromatic carbocycles. The Hall–Kier alpha value is 0.01000. The summed E-state index contributed by atoms with van der Waals surface area (Å²) in [5.41, 5.74) is 0. The van der Waals surface area contributed by atoms with Crippen molar-refractivity contribution in [2.24, 2.45) is 0 Å². The average molecular weight is 202 g/mol. The second-order valence-electron chi connectivity index (χ2n) is 3.59. The van der Waals surface area contributed by atoms with E-state index in [-0.39, 0.29) is 11.4 Å². The number of aliphatic hydroxyl groups excluding tert-OH is 1. The van der Waals surface area contributed by atoms with E-state index in [1.165, 1.54) is 4.21 Å². The van der Waals surface area contributed by atoms with Gasteiger partial charge in [-0.15, -0.1) is 23.1 Å². The smallest absolute Gasteiger partial charge is 0.0774 e. The van der Waals surface area contributed by atoms with Crippen LogP contribution in [-0.4, -0.2) is 9.85 Å². The number of rotatable bonds is 2. The van der Waals surface area contributed by atoms with Gasteiger partial charge in [-0.1, -0.05) is 20.8 Å². The van der Waals surface area contributed by atoms with E-state index < -0.39 is 0 Å². The molecule has 0 saturated heterocycles. The van der Waals surface area contributed by atoms with Crippen LogP contribution in [0.3, 0.4) is 0 Å². The van der Waals surface area contributed by atoms with Crippen molar-refractivity contribution in [2.75, 3.05) is 0 Å². The zero-order valence-corrected chi connectivity index (χ0v) is 9.26. The summed E-state index contributed by atoms with van der Waals surface area (Å²) in [7, 11) is 0. The van der Waals surface area contributed by atoms with Crippen LogP contribution < -0.4 is 0 Å². The molecule has 1 N–H and O–H groups in total. The number of hydrogen-bond donors (Lipinski definition) is 1. The Bertz CT molecular complexity index is 247. The van der Waals surface area contributed by atoms with Gasteiger partial charge in [0.1, 0.15) is 0 Å². The predicted molar refractivity (Wildman–Crippen MR) is 55.9 cm³/mol. The van der Waals surface area contributed by atoms with Gasteiger partial charge in [0.2, 0.25) is 0 Å². The lowest BCUT2D eigenvalue weighted by molar-refractivity contribution is 0.285. The van der Waals surface area contributed by atoms with E-state index in [4.69, 9.17) is 5.11 Å². The largest absolute Gasteiger partial charge is 0.391 e. The average Bonchev–Trinajstić information content (AvgIpc) is 2.32. The number of hydrogen-bond acceptors (Lipinski definition) is 3. The Kier molecular flexibility index (Phi) is 3.21. The molecule has 0 atom stereocenters. The lowest BCUT2D eigenvalue weighted by Crippen LogP contribution is -2.05. The van der Waals surface area contributed by atoms with Crippen LogP contribution in [0.1, 0.15) is 25.6 Å². The first-order valence-corrected chi connectivity index (χ1v) is 5.53. The Labute approximate surface area is 81.8 Å². The third-order valence-corrected chi connectivity index (χ3v) is 3.51. The van der Waals surface area contributed by atoms with Gasteiger partial charge in [-0.05, 0) is 12.1 Å². The van der Waals surface area contributed by atoms with Crippen molar-refractivity contribution in [3.05, 3.63) is 17.0 Å². The van der Waals surface area contributed by atoms with Crippen molar-refractivity contribution in [2.45, 2.75) is 36.3 Å². The lowest BCUT2D eigenvalue weighted by atomic mass is 10.3. The molecule has 0 aliphatic carbocycles. The lowest BCUT2D eigenvalue weighted by Gasteiger charge is -2.15. The topological polar surface area (TPSA) is 20.2 Å². The molecule has 0 unspecified atom stereocenters. The molecule has 0 spiro atoms. The zero-order chi connectivity index (χ0) is 9.19. The molecule has 1 rings (SSSR count). The van der Waals surface area contributed by atoms with Gasteiger partial charge in [0.15, 0.2) is 0 Å². The van der Waals surface area contributed by atoms with Crippen molar-refractivity contribution in [1.82, 2.24) is 0 Å². The quantitative estimate of drug-likeness (QED) is 0.744. The minimum absolute atomic E-state index is 0.162. The first-order chi connectivity index (χ1) is 5.51. The highest BCUT2D eigenvalue weighted by molar-refractivity contribution is 8.02. The summed E-state index contributed by atoms with van der Waals surface area (Å²) in [6, 6.07) is 4.06. The maximum Gasteiger partial charge on any atom is 0.0774 e. The Morgan fingerprint density at radius 1 is 1.42 bits per heavy atom. The molecule has 0 aliphatic heterocycles. The summed E-state index contributed by atoms with van der Waals surface area (Å²) in [6.45, 7) is 6.73. The van der Waals surface area contributed by atoms with Crippen molar-refractivity contribution < 1.29 is 5.11 Å². The molecule has 0 fully saturated rings. The van der Waals surface area contributed by atoms with Crippen molar-refractivity contribution in [1.29, 1.82) is 0 Å². The molecular formula is C9H14OS2. The molecule has 0 amide bonds. The Balaban J connectivity index is 2.64. The second kappa shape index (κ2) is 3.81. The SMILES string of the molecule is CC(C)(C)Sc1ccc(CO)s1. The van der Waals surface area contributed by atoms with Gasteiger partial charge < -0.3 is 5.11 Å². The van der Waals surface area contributed by atoms with Crippen LogP contribution in [0, 0.1) is 0 Å². The summed E-state index contributed by atoms with van der Waals surface area (Å²) >= 11 is 3.52. The van der Waals surface area contributed by atoms with Crippen LogP contribution in [0.5, 0.6) is 0 Å². The third kappa shape index (κ3) is 3.17. The molecule has 0 aliphatic rings. The minimum Gasteiger partial charge on any atom is -0.391 e. The highest BCUT2D eigenvalue weighted by atomic mass is 32.2. The van der Waals surface area contributed by atoms with E-state index in [9.17, 15) is 0 Å². The van der Waals surface area contributed by atoms with Gasteiger partial charge in [0.25, 0.3) is 0 Å². The van der Waals surface area contributed by atoms with Gasteiger partial charge in [-0.2, -0.15) is 0 Å². The predicted octanol–water partition coefficient (Wildman–Crippen LogP) is 3.13. The fourth-order valence-electron chi connectivity index (χ4n) is 0.800. The van der Waals surface area contributed by atoms with Gasteiger partial charge >= 0.3 is 0 Å². The van der Waals surface area contributed by atoms with E-state index in [0.717, 1.165) is 4.88 Å². The molecule has 3 heteroatoms. The maximum atomic E-state index is 8.85. The van der Waals surface area contributed by atoms with E-state index in [1.807, 2.05) is 17.8 Å². The molecule has 1 nitrogen and oxygen atoms in total. The van der Waals surface area contributed by atoms with Gasteiger partial charge in [0, 0.05) is 9.62 Å². The van der Waals surface area contributed by atoms with Crippen LogP contribution in [0.2, 0.25) is 0 Å². The summed E-state index contributed by atoms with van der Waals surface area (Å²) in [5, 5.41) is 8.85. The van der Waals surface area contributed by atoms with Crippen molar-refractivity contribution in [3.63, 3.8) is 0 Å². The first kappa shape index (κ1) is 10.1. The van der Waals surface area contributed by atoms with Gasteiger partial charge in [0.05, 0.1) is 10.8 Å². The first-order valence-electron chi connectivity index (χ1n) is 3.90. The van der Waals surface area contributed by atoms with Gasteiger partial charge in [-0.3, -0.25) is 0 Å². The fourth-order valence-corrected chi connectivity index (χ4v) is 3.37. The van der Waals surface area contributed by atoms with Gasteiger partial charge in [-0.25, -0.2) is 0 Å². The molecular weight excluding hydrogens is 188 g/mol. The Morgan fingerprint density at radius 3 is 2.50 bits per heavy atom. The highest BCUT2D eigenvalue weighted by Gasteiger charge is 2.13.